The Kier molecular flexibility index (Phi) is 4.56. The zero-order valence-electron chi connectivity index (χ0n) is 9.79. The van der Waals surface area contributed by atoms with Gasteiger partial charge in [0.2, 0.25) is 5.91 Å². The molecule has 0 spiro atoms. The van der Waals surface area contributed by atoms with Crippen LogP contribution in [-0.4, -0.2) is 5.91 Å². The van der Waals surface area contributed by atoms with Gasteiger partial charge in [0, 0.05) is 9.50 Å². The van der Waals surface area contributed by atoms with Crippen LogP contribution in [-0.2, 0) is 11.2 Å². The summed E-state index contributed by atoms with van der Waals surface area (Å²) in [5.74, 6) is -0.795. The minimum absolute atomic E-state index is 0.106. The van der Waals surface area contributed by atoms with E-state index < -0.39 is 5.82 Å². The molecule has 0 fully saturated rings. The topological polar surface area (TPSA) is 29.1 Å². The molecule has 1 N–H and O–H groups in total. The summed E-state index contributed by atoms with van der Waals surface area (Å²) in [5.41, 5.74) is 0.861. The summed E-state index contributed by atoms with van der Waals surface area (Å²) < 4.78 is 14.2. The van der Waals surface area contributed by atoms with Gasteiger partial charge >= 0.3 is 0 Å². The van der Waals surface area contributed by atoms with Crippen LogP contribution in [0.2, 0.25) is 5.02 Å². The second kappa shape index (κ2) is 6.17. The fourth-order valence-corrected chi connectivity index (χ4v) is 2.14. The van der Waals surface area contributed by atoms with E-state index in [9.17, 15) is 9.18 Å². The van der Waals surface area contributed by atoms with Crippen LogP contribution in [0, 0.1) is 5.82 Å². The molecule has 98 valence electrons. The van der Waals surface area contributed by atoms with Crippen LogP contribution in [0.5, 0.6) is 0 Å². The maximum absolute atomic E-state index is 13.6. The Hall–Kier alpha value is -1.39. The van der Waals surface area contributed by atoms with Crippen LogP contribution in [0.1, 0.15) is 5.56 Å². The highest BCUT2D eigenvalue weighted by molar-refractivity contribution is 9.10. The van der Waals surface area contributed by atoms with Crippen molar-refractivity contribution < 1.29 is 9.18 Å². The number of hydrogen-bond acceptors (Lipinski definition) is 1. The van der Waals surface area contributed by atoms with Crippen molar-refractivity contribution in [2.24, 2.45) is 0 Å². The molecule has 0 aliphatic heterocycles. The highest BCUT2D eigenvalue weighted by atomic mass is 79.9. The van der Waals surface area contributed by atoms with E-state index in [0.29, 0.717) is 15.1 Å². The zero-order valence-corrected chi connectivity index (χ0v) is 12.1. The average molecular weight is 343 g/mol. The Balaban J connectivity index is 2.08. The van der Waals surface area contributed by atoms with Crippen LogP contribution in [0.3, 0.4) is 0 Å². The summed E-state index contributed by atoms with van der Waals surface area (Å²) in [7, 11) is 0. The van der Waals surface area contributed by atoms with Gasteiger partial charge in [-0.05, 0) is 29.8 Å². The first kappa shape index (κ1) is 14.0. The van der Waals surface area contributed by atoms with Crippen molar-refractivity contribution in [3.05, 3.63) is 63.3 Å². The SMILES string of the molecule is O=C(Cc1ccccc1Cl)Nc1ccc(Br)cc1F. The number of halogens is 3. The number of amides is 1. The highest BCUT2D eigenvalue weighted by Gasteiger charge is 2.09. The number of anilines is 1. The maximum atomic E-state index is 13.6. The van der Waals surface area contributed by atoms with Crippen molar-refractivity contribution in [3.8, 4) is 0 Å². The molecule has 0 atom stereocenters. The molecule has 0 heterocycles. The molecule has 0 aromatic heterocycles. The Morgan fingerprint density at radius 2 is 2.00 bits per heavy atom. The molecule has 0 saturated heterocycles. The molecule has 0 radical (unpaired) electrons. The van der Waals surface area contributed by atoms with E-state index in [1.165, 1.54) is 12.1 Å². The summed E-state index contributed by atoms with van der Waals surface area (Å²) in [6, 6.07) is 11.5. The van der Waals surface area contributed by atoms with E-state index >= 15 is 0 Å². The quantitative estimate of drug-likeness (QED) is 0.879. The van der Waals surface area contributed by atoms with Crippen molar-refractivity contribution >= 4 is 39.1 Å². The molecule has 2 nitrogen and oxygen atoms in total. The van der Waals surface area contributed by atoms with Gasteiger partial charge in [-0.15, -0.1) is 0 Å². The van der Waals surface area contributed by atoms with Crippen LogP contribution < -0.4 is 5.32 Å². The van der Waals surface area contributed by atoms with Crippen molar-refractivity contribution in [2.45, 2.75) is 6.42 Å². The first-order valence-electron chi connectivity index (χ1n) is 5.54. The molecule has 2 aromatic rings. The van der Waals surface area contributed by atoms with Crippen molar-refractivity contribution in [1.29, 1.82) is 0 Å². The van der Waals surface area contributed by atoms with Gasteiger partial charge in [0.05, 0.1) is 12.1 Å². The second-order valence-corrected chi connectivity index (χ2v) is 5.26. The van der Waals surface area contributed by atoms with Gasteiger partial charge in [0.25, 0.3) is 0 Å². The van der Waals surface area contributed by atoms with Gasteiger partial charge in [0.1, 0.15) is 5.82 Å². The number of hydrogen-bond donors (Lipinski definition) is 1. The standard InChI is InChI=1S/C14H10BrClFNO/c15-10-5-6-13(12(17)8-10)18-14(19)7-9-3-1-2-4-11(9)16/h1-6,8H,7H2,(H,18,19). The summed E-state index contributed by atoms with van der Waals surface area (Å²) in [4.78, 5) is 11.8. The first-order chi connectivity index (χ1) is 9.06. The third kappa shape index (κ3) is 3.78. The van der Waals surface area contributed by atoms with Gasteiger partial charge in [0.15, 0.2) is 0 Å². The summed E-state index contributed by atoms with van der Waals surface area (Å²) in [5, 5.41) is 3.04. The minimum Gasteiger partial charge on any atom is -0.323 e. The number of rotatable bonds is 3. The monoisotopic (exact) mass is 341 g/mol. The molecule has 1 amide bonds. The minimum atomic E-state index is -0.484. The summed E-state index contributed by atoms with van der Waals surface area (Å²) >= 11 is 9.12. The normalized spacial score (nSPS) is 10.3. The van der Waals surface area contributed by atoms with Gasteiger partial charge in [-0.25, -0.2) is 4.39 Å². The summed E-state index contributed by atoms with van der Waals surface area (Å²) in [6.45, 7) is 0. The molecule has 0 saturated carbocycles. The molecule has 0 aliphatic carbocycles. The van der Waals surface area contributed by atoms with E-state index in [1.54, 1.807) is 30.3 Å². The van der Waals surface area contributed by atoms with Crippen LogP contribution in [0.4, 0.5) is 10.1 Å². The van der Waals surface area contributed by atoms with Crippen molar-refractivity contribution in [3.63, 3.8) is 0 Å². The number of benzene rings is 2. The Morgan fingerprint density at radius 3 is 2.68 bits per heavy atom. The van der Waals surface area contributed by atoms with Crippen molar-refractivity contribution in [1.82, 2.24) is 0 Å². The van der Waals surface area contributed by atoms with Crippen LogP contribution >= 0.6 is 27.5 Å². The maximum Gasteiger partial charge on any atom is 0.228 e. The zero-order chi connectivity index (χ0) is 13.8. The molecule has 2 aromatic carbocycles. The predicted octanol–water partition coefficient (Wildman–Crippen LogP) is 4.42. The van der Waals surface area contributed by atoms with Crippen LogP contribution in [0.25, 0.3) is 0 Å². The summed E-state index contributed by atoms with van der Waals surface area (Å²) in [6.07, 6.45) is 0.106. The molecule has 5 heteroatoms. The lowest BCUT2D eigenvalue weighted by atomic mass is 10.1. The Morgan fingerprint density at radius 1 is 1.26 bits per heavy atom. The second-order valence-electron chi connectivity index (χ2n) is 3.94. The lowest BCUT2D eigenvalue weighted by molar-refractivity contribution is -0.115. The average Bonchev–Trinajstić information content (AvgIpc) is 2.36. The van der Waals surface area contributed by atoms with Gasteiger partial charge in [-0.3, -0.25) is 4.79 Å². The highest BCUT2D eigenvalue weighted by Crippen LogP contribution is 2.20. The van der Waals surface area contributed by atoms with Crippen molar-refractivity contribution in [2.75, 3.05) is 5.32 Å². The lowest BCUT2D eigenvalue weighted by Crippen LogP contribution is -2.15. The molecular weight excluding hydrogens is 333 g/mol. The fraction of sp³-hybridized carbons (Fsp3) is 0.0714. The van der Waals surface area contributed by atoms with Gasteiger partial charge < -0.3 is 5.32 Å². The largest absolute Gasteiger partial charge is 0.323 e. The molecule has 0 unspecified atom stereocenters. The van der Waals surface area contributed by atoms with Gasteiger partial charge in [-0.2, -0.15) is 0 Å². The third-order valence-electron chi connectivity index (χ3n) is 2.51. The number of carbonyl (C=O) groups excluding carboxylic acids is 1. The molecule has 19 heavy (non-hydrogen) atoms. The Labute approximate surface area is 123 Å². The van der Waals surface area contributed by atoms with E-state index in [0.717, 1.165) is 0 Å². The molecule has 0 aliphatic rings. The van der Waals surface area contributed by atoms with E-state index in [4.69, 9.17) is 11.6 Å². The predicted molar refractivity (Wildman–Crippen MR) is 77.9 cm³/mol. The first-order valence-corrected chi connectivity index (χ1v) is 6.71. The third-order valence-corrected chi connectivity index (χ3v) is 3.38. The fourth-order valence-electron chi connectivity index (χ4n) is 1.60. The Bertz CT molecular complexity index is 618. The van der Waals surface area contributed by atoms with E-state index in [-0.39, 0.29) is 18.0 Å². The smallest absolute Gasteiger partial charge is 0.228 e. The number of carbonyl (C=O) groups is 1. The molecule has 0 bridgehead atoms. The van der Waals surface area contributed by atoms with Gasteiger partial charge in [-0.1, -0.05) is 45.7 Å². The van der Waals surface area contributed by atoms with E-state index in [1.807, 2.05) is 0 Å². The van der Waals surface area contributed by atoms with Crippen LogP contribution in [0.15, 0.2) is 46.9 Å². The molecule has 2 rings (SSSR count). The van der Waals surface area contributed by atoms with E-state index in [2.05, 4.69) is 21.2 Å². The molecular formula is C14H10BrClFNO. The lowest BCUT2D eigenvalue weighted by Gasteiger charge is -2.07. The number of nitrogens with one attached hydrogen (secondary N) is 1.